The Bertz CT molecular complexity index is 1480. The monoisotopic (exact) mass is 537 g/mol. The summed E-state index contributed by atoms with van der Waals surface area (Å²) >= 11 is 0. The van der Waals surface area contributed by atoms with Crippen molar-refractivity contribution < 1.29 is 9.53 Å². The standard InChI is InChI=1S/C29H31N9O2/c1-19-4-2-6-24(33-19)27-31-13-11-25(36-27)35-26-12-14-32-29(37-26)34-21-7-9-22(10-8-21)38-15-3-5-20(18-38)28(39)40-23-16-30-17-23/h2,4,6-14,20,23,30H,3,5,15-18H2,1H3,(H2,31,32,34,35,36,37). The summed E-state index contributed by atoms with van der Waals surface area (Å²) < 4.78 is 5.61. The van der Waals surface area contributed by atoms with Crippen molar-refractivity contribution in [2.24, 2.45) is 5.92 Å². The van der Waals surface area contributed by atoms with Crippen LogP contribution in [0.15, 0.2) is 67.0 Å². The lowest BCUT2D eigenvalue weighted by Gasteiger charge is -2.35. The number of aromatic nitrogens is 5. The maximum atomic E-state index is 12.6. The topological polar surface area (TPSA) is 130 Å². The van der Waals surface area contributed by atoms with E-state index in [-0.39, 0.29) is 18.0 Å². The van der Waals surface area contributed by atoms with Crippen molar-refractivity contribution in [1.82, 2.24) is 30.2 Å². The summed E-state index contributed by atoms with van der Waals surface area (Å²) in [4.78, 5) is 37.2. The van der Waals surface area contributed by atoms with Gasteiger partial charge in [-0.1, -0.05) is 6.07 Å². The van der Waals surface area contributed by atoms with Crippen LogP contribution in [-0.4, -0.2) is 63.2 Å². The molecule has 0 aliphatic carbocycles. The number of carbonyl (C=O) groups is 1. The quantitative estimate of drug-likeness (QED) is 0.283. The summed E-state index contributed by atoms with van der Waals surface area (Å²) in [5, 5.41) is 9.62. The number of aryl methyl sites for hydroxylation is 1. The number of nitrogens with zero attached hydrogens (tertiary/aromatic N) is 6. The van der Waals surface area contributed by atoms with E-state index in [0.717, 1.165) is 49.5 Å². The zero-order valence-electron chi connectivity index (χ0n) is 22.2. The number of carbonyl (C=O) groups excluding carboxylic acids is 1. The molecule has 0 bridgehead atoms. The molecular weight excluding hydrogens is 506 g/mol. The molecule has 0 spiro atoms. The van der Waals surface area contributed by atoms with Gasteiger partial charge in [0.15, 0.2) is 5.82 Å². The lowest BCUT2D eigenvalue weighted by atomic mass is 9.97. The van der Waals surface area contributed by atoms with Crippen LogP contribution in [0.2, 0.25) is 0 Å². The van der Waals surface area contributed by atoms with Crippen molar-refractivity contribution in [3.05, 3.63) is 72.7 Å². The molecule has 5 heterocycles. The summed E-state index contributed by atoms with van der Waals surface area (Å²) in [6.07, 6.45) is 5.24. The van der Waals surface area contributed by atoms with Crippen molar-refractivity contribution in [2.45, 2.75) is 25.9 Å². The van der Waals surface area contributed by atoms with Gasteiger partial charge in [-0.05, 0) is 68.3 Å². The Morgan fingerprint density at radius 3 is 2.52 bits per heavy atom. The molecule has 2 saturated heterocycles. The van der Waals surface area contributed by atoms with Crippen molar-refractivity contribution in [3.63, 3.8) is 0 Å². The molecular formula is C29H31N9O2. The second-order valence-electron chi connectivity index (χ2n) is 9.99. The third-order valence-corrected chi connectivity index (χ3v) is 6.95. The Morgan fingerprint density at radius 2 is 1.75 bits per heavy atom. The SMILES string of the molecule is Cc1cccc(-c2nccc(Nc3ccnc(Nc4ccc(N5CCCC(C(=O)OC6CNC6)C5)cc4)n3)n2)n1. The van der Waals surface area contributed by atoms with E-state index in [9.17, 15) is 4.79 Å². The van der Waals surface area contributed by atoms with E-state index in [4.69, 9.17) is 4.74 Å². The predicted octanol–water partition coefficient (Wildman–Crippen LogP) is 3.86. The maximum Gasteiger partial charge on any atom is 0.311 e. The number of anilines is 5. The van der Waals surface area contributed by atoms with Crippen LogP contribution in [0.1, 0.15) is 18.5 Å². The van der Waals surface area contributed by atoms with Gasteiger partial charge in [0.1, 0.15) is 23.4 Å². The van der Waals surface area contributed by atoms with Crippen LogP contribution in [-0.2, 0) is 9.53 Å². The van der Waals surface area contributed by atoms with Crippen molar-refractivity contribution in [2.75, 3.05) is 41.7 Å². The first-order valence-electron chi connectivity index (χ1n) is 13.5. The minimum atomic E-state index is -0.0881. The molecule has 1 aromatic carbocycles. The zero-order valence-corrected chi connectivity index (χ0v) is 22.2. The molecule has 2 aliphatic rings. The average Bonchev–Trinajstić information content (AvgIpc) is 2.96. The van der Waals surface area contributed by atoms with Crippen LogP contribution < -0.4 is 20.9 Å². The normalized spacial score (nSPS) is 17.1. The molecule has 1 atom stereocenters. The molecule has 11 nitrogen and oxygen atoms in total. The highest BCUT2D eigenvalue weighted by atomic mass is 16.5. The fraction of sp³-hybridized carbons (Fsp3) is 0.310. The minimum Gasteiger partial charge on any atom is -0.459 e. The minimum absolute atomic E-state index is 0.0264. The lowest BCUT2D eigenvalue weighted by Crippen LogP contribution is -2.51. The van der Waals surface area contributed by atoms with Crippen LogP contribution in [0.5, 0.6) is 0 Å². The second kappa shape index (κ2) is 11.6. The van der Waals surface area contributed by atoms with Crippen LogP contribution >= 0.6 is 0 Å². The molecule has 3 N–H and O–H groups in total. The van der Waals surface area contributed by atoms with Gasteiger partial charge in [-0.3, -0.25) is 4.79 Å². The molecule has 40 heavy (non-hydrogen) atoms. The first-order valence-corrected chi connectivity index (χ1v) is 13.5. The first-order chi connectivity index (χ1) is 19.6. The summed E-state index contributed by atoms with van der Waals surface area (Å²) in [6, 6.07) is 17.4. The van der Waals surface area contributed by atoms with E-state index >= 15 is 0 Å². The Labute approximate surface area is 232 Å². The highest BCUT2D eigenvalue weighted by molar-refractivity contribution is 5.74. The van der Waals surface area contributed by atoms with Gasteiger partial charge in [-0.2, -0.15) is 4.98 Å². The first kappa shape index (κ1) is 25.6. The van der Waals surface area contributed by atoms with Gasteiger partial charge in [0, 0.05) is 55.6 Å². The summed E-state index contributed by atoms with van der Waals surface area (Å²) in [6.45, 7) is 5.04. The van der Waals surface area contributed by atoms with Gasteiger partial charge in [-0.15, -0.1) is 0 Å². The van der Waals surface area contributed by atoms with Crippen molar-refractivity contribution in [1.29, 1.82) is 0 Å². The van der Waals surface area contributed by atoms with E-state index in [1.54, 1.807) is 24.5 Å². The molecule has 2 fully saturated rings. The Hall–Kier alpha value is -4.64. The van der Waals surface area contributed by atoms with Crippen LogP contribution in [0.4, 0.5) is 29.0 Å². The number of pyridine rings is 1. The number of esters is 1. The van der Waals surface area contributed by atoms with Crippen molar-refractivity contribution >= 4 is 34.9 Å². The van der Waals surface area contributed by atoms with Gasteiger partial charge in [0.2, 0.25) is 5.95 Å². The number of rotatable bonds is 8. The van der Waals surface area contributed by atoms with E-state index < -0.39 is 0 Å². The van der Waals surface area contributed by atoms with Gasteiger partial charge >= 0.3 is 5.97 Å². The summed E-state index contributed by atoms with van der Waals surface area (Å²) in [5.41, 5.74) is 3.55. The third kappa shape index (κ3) is 6.15. The molecule has 0 amide bonds. The van der Waals surface area contributed by atoms with Gasteiger partial charge in [0.05, 0.1) is 5.92 Å². The van der Waals surface area contributed by atoms with E-state index in [0.29, 0.717) is 35.6 Å². The molecule has 1 unspecified atom stereocenters. The van der Waals surface area contributed by atoms with Crippen LogP contribution in [0.3, 0.4) is 0 Å². The summed E-state index contributed by atoms with van der Waals surface area (Å²) in [5.74, 6) is 2.03. The van der Waals surface area contributed by atoms with Crippen LogP contribution in [0, 0.1) is 12.8 Å². The lowest BCUT2D eigenvalue weighted by molar-refractivity contribution is -0.156. The number of benzene rings is 1. The third-order valence-electron chi connectivity index (χ3n) is 6.95. The van der Waals surface area contributed by atoms with E-state index in [2.05, 4.69) is 57.9 Å². The smallest absolute Gasteiger partial charge is 0.311 e. The fourth-order valence-corrected chi connectivity index (χ4v) is 4.73. The molecule has 0 saturated carbocycles. The molecule has 6 rings (SSSR count). The Kier molecular flexibility index (Phi) is 7.45. The van der Waals surface area contributed by atoms with Crippen molar-refractivity contribution in [3.8, 4) is 11.5 Å². The Balaban J connectivity index is 1.08. The second-order valence-corrected chi connectivity index (χ2v) is 9.99. The molecule has 11 heteroatoms. The number of hydrogen-bond donors (Lipinski definition) is 3. The maximum absolute atomic E-state index is 12.6. The van der Waals surface area contributed by atoms with Gasteiger partial charge in [0.25, 0.3) is 0 Å². The summed E-state index contributed by atoms with van der Waals surface area (Å²) in [7, 11) is 0. The largest absolute Gasteiger partial charge is 0.459 e. The van der Waals surface area contributed by atoms with E-state index in [1.807, 2.05) is 37.3 Å². The fourth-order valence-electron chi connectivity index (χ4n) is 4.73. The van der Waals surface area contributed by atoms with Crippen LogP contribution in [0.25, 0.3) is 11.5 Å². The molecule has 0 radical (unpaired) electrons. The number of hydrogen-bond acceptors (Lipinski definition) is 11. The van der Waals surface area contributed by atoms with Gasteiger partial charge in [-0.25, -0.2) is 19.9 Å². The number of piperidine rings is 1. The highest BCUT2D eigenvalue weighted by Gasteiger charge is 2.30. The molecule has 204 valence electrons. The number of ether oxygens (including phenoxy) is 1. The molecule has 2 aliphatic heterocycles. The highest BCUT2D eigenvalue weighted by Crippen LogP contribution is 2.27. The average molecular weight is 538 g/mol. The Morgan fingerprint density at radius 1 is 0.950 bits per heavy atom. The van der Waals surface area contributed by atoms with Gasteiger partial charge < -0.3 is 25.6 Å². The number of nitrogens with one attached hydrogen (secondary N) is 3. The molecule has 3 aromatic heterocycles. The van der Waals surface area contributed by atoms with E-state index in [1.165, 1.54) is 0 Å². The zero-order chi connectivity index (χ0) is 27.3. The predicted molar refractivity (Wildman–Crippen MR) is 153 cm³/mol. The molecule has 4 aromatic rings.